The number of fused-ring (bicyclic) bond motifs is 1. The highest BCUT2D eigenvalue weighted by molar-refractivity contribution is 5.93. The Kier molecular flexibility index (Phi) is 3.30. The van der Waals surface area contributed by atoms with Crippen molar-refractivity contribution in [1.29, 1.82) is 5.26 Å². The Bertz CT molecular complexity index is 782. The smallest absolute Gasteiger partial charge is 0.145 e. The van der Waals surface area contributed by atoms with E-state index in [9.17, 15) is 0 Å². The molecule has 3 nitrogen and oxygen atoms in total. The van der Waals surface area contributed by atoms with Gasteiger partial charge in [0.15, 0.2) is 0 Å². The van der Waals surface area contributed by atoms with Crippen LogP contribution in [0.25, 0.3) is 10.8 Å². The van der Waals surface area contributed by atoms with E-state index in [0.29, 0.717) is 12.2 Å². The first-order valence-electron chi connectivity index (χ1n) is 6.44. The van der Waals surface area contributed by atoms with Gasteiger partial charge in [0.25, 0.3) is 0 Å². The molecule has 3 heteroatoms. The minimum absolute atomic E-state index is 0.472. The Morgan fingerprint density at radius 2 is 1.85 bits per heavy atom. The Labute approximate surface area is 117 Å². The minimum Gasteiger partial charge on any atom is -0.380 e. The van der Waals surface area contributed by atoms with Gasteiger partial charge in [0.2, 0.25) is 0 Å². The summed E-state index contributed by atoms with van der Waals surface area (Å²) in [5.41, 5.74) is 2.44. The van der Waals surface area contributed by atoms with Crippen LogP contribution in [0.3, 0.4) is 0 Å². The number of nitrogens with one attached hydrogen (secondary N) is 1. The third-order valence-corrected chi connectivity index (χ3v) is 3.26. The summed E-state index contributed by atoms with van der Waals surface area (Å²) in [5.74, 6) is 0. The maximum absolute atomic E-state index is 9.05. The molecule has 20 heavy (non-hydrogen) atoms. The van der Waals surface area contributed by atoms with Crippen LogP contribution in [0.1, 0.15) is 11.3 Å². The van der Waals surface area contributed by atoms with Gasteiger partial charge in [-0.2, -0.15) is 5.26 Å². The molecule has 0 saturated heterocycles. The van der Waals surface area contributed by atoms with E-state index in [4.69, 9.17) is 5.26 Å². The summed E-state index contributed by atoms with van der Waals surface area (Å²) in [6.45, 7) is 0.588. The van der Waals surface area contributed by atoms with Crippen molar-refractivity contribution >= 4 is 16.5 Å². The monoisotopic (exact) mass is 259 g/mol. The first-order chi connectivity index (χ1) is 9.88. The summed E-state index contributed by atoms with van der Waals surface area (Å²) in [7, 11) is 0. The van der Waals surface area contributed by atoms with E-state index in [1.807, 2.05) is 36.4 Å². The van der Waals surface area contributed by atoms with Crippen LogP contribution in [0.15, 0.2) is 60.8 Å². The third-order valence-electron chi connectivity index (χ3n) is 3.26. The number of benzene rings is 2. The molecule has 0 bridgehead atoms. The maximum Gasteiger partial charge on any atom is 0.145 e. The van der Waals surface area contributed by atoms with Crippen molar-refractivity contribution in [2.45, 2.75) is 6.54 Å². The van der Waals surface area contributed by atoms with Crippen molar-refractivity contribution in [3.05, 3.63) is 72.1 Å². The lowest BCUT2D eigenvalue weighted by Gasteiger charge is -2.10. The van der Waals surface area contributed by atoms with Crippen LogP contribution in [0.2, 0.25) is 0 Å². The molecule has 0 atom stereocenters. The van der Waals surface area contributed by atoms with Gasteiger partial charge in [0.05, 0.1) is 0 Å². The number of nitrogens with zero attached hydrogens (tertiary/aromatic N) is 2. The number of rotatable bonds is 3. The molecule has 1 heterocycles. The van der Waals surface area contributed by atoms with Crippen molar-refractivity contribution < 1.29 is 0 Å². The molecular formula is C17H13N3. The van der Waals surface area contributed by atoms with Gasteiger partial charge in [0, 0.05) is 29.4 Å². The van der Waals surface area contributed by atoms with E-state index in [0.717, 1.165) is 11.3 Å². The zero-order valence-corrected chi connectivity index (χ0v) is 10.9. The number of anilines is 1. The number of nitriles is 1. The number of aromatic nitrogens is 1. The van der Waals surface area contributed by atoms with Crippen LogP contribution >= 0.6 is 0 Å². The number of hydrogen-bond acceptors (Lipinski definition) is 3. The fraction of sp³-hybridized carbons (Fsp3) is 0.0588. The second-order valence-corrected chi connectivity index (χ2v) is 4.50. The van der Waals surface area contributed by atoms with E-state index < -0.39 is 0 Å². The highest BCUT2D eigenvalue weighted by Crippen LogP contribution is 2.23. The standard InChI is InChI=1S/C17H13N3/c18-11-17-14(7-4-10-19-17)12-20-16-9-3-6-13-5-1-2-8-15(13)16/h1-10,20H,12H2. The average Bonchev–Trinajstić information content (AvgIpc) is 2.53. The largest absolute Gasteiger partial charge is 0.380 e. The number of pyridine rings is 1. The van der Waals surface area contributed by atoms with Crippen LogP contribution in [-0.2, 0) is 6.54 Å². The molecule has 0 radical (unpaired) electrons. The molecule has 0 fully saturated rings. The van der Waals surface area contributed by atoms with Gasteiger partial charge in [-0.25, -0.2) is 4.98 Å². The molecule has 0 spiro atoms. The van der Waals surface area contributed by atoms with E-state index >= 15 is 0 Å². The summed E-state index contributed by atoms with van der Waals surface area (Å²) in [5, 5.41) is 14.8. The van der Waals surface area contributed by atoms with Gasteiger partial charge in [-0.05, 0) is 17.5 Å². The summed E-state index contributed by atoms with van der Waals surface area (Å²) < 4.78 is 0. The molecule has 0 amide bonds. The van der Waals surface area contributed by atoms with Crippen molar-refractivity contribution in [2.24, 2.45) is 0 Å². The van der Waals surface area contributed by atoms with Crippen LogP contribution < -0.4 is 5.32 Å². The summed E-state index contributed by atoms with van der Waals surface area (Å²) in [4.78, 5) is 4.07. The lowest BCUT2D eigenvalue weighted by atomic mass is 10.1. The second kappa shape index (κ2) is 5.41. The van der Waals surface area contributed by atoms with E-state index in [-0.39, 0.29) is 0 Å². The molecule has 96 valence electrons. The van der Waals surface area contributed by atoms with Crippen LogP contribution in [-0.4, -0.2) is 4.98 Å². The Morgan fingerprint density at radius 1 is 1.00 bits per heavy atom. The molecule has 0 aliphatic rings. The predicted molar refractivity (Wildman–Crippen MR) is 80.2 cm³/mol. The van der Waals surface area contributed by atoms with Gasteiger partial charge in [-0.15, -0.1) is 0 Å². The van der Waals surface area contributed by atoms with Crippen molar-refractivity contribution in [3.63, 3.8) is 0 Å². The molecule has 0 saturated carbocycles. The fourth-order valence-corrected chi connectivity index (χ4v) is 2.25. The SMILES string of the molecule is N#Cc1ncccc1CNc1cccc2ccccc12. The lowest BCUT2D eigenvalue weighted by molar-refractivity contribution is 1.09. The summed E-state index contributed by atoms with van der Waals surface area (Å²) in [6, 6.07) is 20.3. The first-order valence-corrected chi connectivity index (χ1v) is 6.44. The molecule has 0 aliphatic carbocycles. The quantitative estimate of drug-likeness (QED) is 0.779. The Balaban J connectivity index is 1.89. The molecule has 3 aromatic rings. The van der Waals surface area contributed by atoms with Crippen LogP contribution in [0.5, 0.6) is 0 Å². The third kappa shape index (κ3) is 2.32. The van der Waals surface area contributed by atoms with E-state index in [1.165, 1.54) is 10.8 Å². The fourth-order valence-electron chi connectivity index (χ4n) is 2.25. The molecule has 0 aliphatic heterocycles. The highest BCUT2D eigenvalue weighted by Gasteiger charge is 2.03. The molecule has 1 aromatic heterocycles. The van der Waals surface area contributed by atoms with E-state index in [1.54, 1.807) is 6.20 Å². The van der Waals surface area contributed by atoms with Crippen LogP contribution in [0.4, 0.5) is 5.69 Å². The normalized spacial score (nSPS) is 10.2. The van der Waals surface area contributed by atoms with Gasteiger partial charge >= 0.3 is 0 Å². The zero-order valence-electron chi connectivity index (χ0n) is 10.9. The molecule has 3 rings (SSSR count). The first kappa shape index (κ1) is 12.2. The summed E-state index contributed by atoms with van der Waals surface area (Å²) >= 11 is 0. The average molecular weight is 259 g/mol. The second-order valence-electron chi connectivity index (χ2n) is 4.50. The summed E-state index contributed by atoms with van der Waals surface area (Å²) in [6.07, 6.45) is 1.64. The molecule has 1 N–H and O–H groups in total. The van der Waals surface area contributed by atoms with Gasteiger partial charge in [-0.3, -0.25) is 0 Å². The van der Waals surface area contributed by atoms with Crippen LogP contribution in [0, 0.1) is 11.3 Å². The predicted octanol–water partition coefficient (Wildman–Crippen LogP) is 3.72. The van der Waals surface area contributed by atoms with E-state index in [2.05, 4.69) is 34.6 Å². The van der Waals surface area contributed by atoms with Gasteiger partial charge in [-0.1, -0.05) is 42.5 Å². The molecule has 2 aromatic carbocycles. The lowest BCUT2D eigenvalue weighted by Crippen LogP contribution is -2.03. The highest BCUT2D eigenvalue weighted by atomic mass is 14.9. The van der Waals surface area contributed by atoms with Gasteiger partial charge in [0.1, 0.15) is 11.8 Å². The van der Waals surface area contributed by atoms with Crippen molar-refractivity contribution in [2.75, 3.05) is 5.32 Å². The van der Waals surface area contributed by atoms with Gasteiger partial charge < -0.3 is 5.32 Å². The zero-order chi connectivity index (χ0) is 13.8. The maximum atomic E-state index is 9.05. The Hall–Kier alpha value is -2.86. The topological polar surface area (TPSA) is 48.7 Å². The number of hydrogen-bond donors (Lipinski definition) is 1. The Morgan fingerprint density at radius 3 is 2.75 bits per heavy atom. The minimum atomic E-state index is 0.472. The van der Waals surface area contributed by atoms with Crippen molar-refractivity contribution in [3.8, 4) is 6.07 Å². The van der Waals surface area contributed by atoms with Crippen molar-refractivity contribution in [1.82, 2.24) is 4.98 Å². The molecular weight excluding hydrogens is 246 g/mol. The molecule has 0 unspecified atom stereocenters.